The topological polar surface area (TPSA) is 93.7 Å². The summed E-state index contributed by atoms with van der Waals surface area (Å²) in [4.78, 5) is 12.0. The van der Waals surface area contributed by atoms with Crippen LogP contribution in [0, 0.1) is 0 Å². The lowest BCUT2D eigenvalue weighted by Gasteiger charge is -2.22. The molecule has 1 saturated carbocycles. The number of hydrogen-bond acceptors (Lipinski definition) is 5. The van der Waals surface area contributed by atoms with Gasteiger partial charge in [-0.2, -0.15) is 0 Å². The van der Waals surface area contributed by atoms with Crippen molar-refractivity contribution in [1.82, 2.24) is 10.0 Å². The first-order valence-electron chi connectivity index (χ1n) is 8.94. The maximum Gasteiger partial charge on any atom is 0.258 e. The number of hydrogen-bond donors (Lipinski definition) is 2. The van der Waals surface area contributed by atoms with Crippen molar-refractivity contribution in [1.29, 1.82) is 0 Å². The monoisotopic (exact) mass is 384 g/mol. The summed E-state index contributed by atoms with van der Waals surface area (Å²) in [7, 11) is -1.96. The number of rotatable bonds is 9. The summed E-state index contributed by atoms with van der Waals surface area (Å²) in [5.74, 6) is 0.182. The van der Waals surface area contributed by atoms with Crippen LogP contribution in [0.2, 0.25) is 0 Å². The second-order valence-corrected chi connectivity index (χ2v) is 8.35. The van der Waals surface area contributed by atoms with E-state index in [0.717, 1.165) is 25.7 Å². The fourth-order valence-corrected chi connectivity index (χ4v) is 4.28. The molecule has 1 aromatic rings. The molecule has 2 N–H and O–H groups in total. The largest absolute Gasteiger partial charge is 0.484 e. The van der Waals surface area contributed by atoms with Crippen molar-refractivity contribution in [3.63, 3.8) is 0 Å². The average molecular weight is 384 g/mol. The zero-order valence-electron chi connectivity index (χ0n) is 15.4. The molecule has 8 heteroatoms. The van der Waals surface area contributed by atoms with Crippen molar-refractivity contribution in [3.05, 3.63) is 24.3 Å². The molecule has 2 rings (SSSR count). The molecule has 1 aromatic carbocycles. The molecule has 0 bridgehead atoms. The van der Waals surface area contributed by atoms with Crippen LogP contribution in [0.25, 0.3) is 0 Å². The first-order valence-corrected chi connectivity index (χ1v) is 10.4. The Kier molecular flexibility index (Phi) is 7.86. The Morgan fingerprint density at radius 3 is 2.46 bits per heavy atom. The Bertz CT molecular complexity index is 669. The smallest absolute Gasteiger partial charge is 0.258 e. The quantitative estimate of drug-likeness (QED) is 0.677. The van der Waals surface area contributed by atoms with Gasteiger partial charge < -0.3 is 14.8 Å². The highest BCUT2D eigenvalue weighted by Gasteiger charge is 2.21. The molecule has 0 aromatic heterocycles. The molecule has 0 spiro atoms. The average Bonchev–Trinajstić information content (AvgIpc) is 2.61. The van der Waals surface area contributed by atoms with Crippen molar-refractivity contribution in [2.24, 2.45) is 0 Å². The third-order valence-corrected chi connectivity index (χ3v) is 5.79. The lowest BCUT2D eigenvalue weighted by atomic mass is 9.96. The summed E-state index contributed by atoms with van der Waals surface area (Å²) in [6.07, 6.45) is 5.06. The summed E-state index contributed by atoms with van der Waals surface area (Å²) >= 11 is 0. The second-order valence-electron chi connectivity index (χ2n) is 6.64. The Balaban J connectivity index is 1.86. The number of carbonyl (C=O) groups excluding carboxylic acids is 1. The highest BCUT2D eigenvalue weighted by Crippen LogP contribution is 2.21. The van der Waals surface area contributed by atoms with Crippen LogP contribution in [-0.4, -0.2) is 46.7 Å². The van der Waals surface area contributed by atoms with Gasteiger partial charge in [0.05, 0.1) is 11.5 Å². The Morgan fingerprint density at radius 1 is 1.19 bits per heavy atom. The molecule has 0 radical (unpaired) electrons. The minimum Gasteiger partial charge on any atom is -0.484 e. The van der Waals surface area contributed by atoms with E-state index < -0.39 is 10.0 Å². The minimum absolute atomic E-state index is 0.0162. The van der Waals surface area contributed by atoms with Crippen LogP contribution >= 0.6 is 0 Å². The van der Waals surface area contributed by atoms with Crippen LogP contribution in [0.5, 0.6) is 5.75 Å². The maximum atomic E-state index is 12.4. The SMILES string of the molecule is COC[C@H](C)NC(=O)COc1ccc(S(=O)(=O)NC2CCCCC2)cc1. The van der Waals surface area contributed by atoms with Gasteiger partial charge >= 0.3 is 0 Å². The molecule has 1 aliphatic carbocycles. The van der Waals surface area contributed by atoms with Crippen LogP contribution in [0.1, 0.15) is 39.0 Å². The summed E-state index contributed by atoms with van der Waals surface area (Å²) in [5, 5.41) is 2.74. The normalized spacial score (nSPS) is 16.8. The van der Waals surface area contributed by atoms with Gasteiger partial charge in [0.15, 0.2) is 6.61 Å². The van der Waals surface area contributed by atoms with Gasteiger partial charge in [0, 0.05) is 19.2 Å². The highest BCUT2D eigenvalue weighted by atomic mass is 32.2. The van der Waals surface area contributed by atoms with E-state index in [1.165, 1.54) is 18.6 Å². The van der Waals surface area contributed by atoms with Crippen LogP contribution in [-0.2, 0) is 19.6 Å². The van der Waals surface area contributed by atoms with Crippen molar-refractivity contribution in [3.8, 4) is 5.75 Å². The van der Waals surface area contributed by atoms with E-state index in [1.807, 2.05) is 6.92 Å². The van der Waals surface area contributed by atoms with Gasteiger partial charge in [-0.05, 0) is 44.0 Å². The molecule has 1 amide bonds. The van der Waals surface area contributed by atoms with Crippen molar-refractivity contribution in [2.45, 2.75) is 56.0 Å². The molecule has 0 aliphatic heterocycles. The Labute approximate surface area is 155 Å². The third kappa shape index (κ3) is 6.59. The molecule has 26 heavy (non-hydrogen) atoms. The number of carbonyl (C=O) groups is 1. The molecular weight excluding hydrogens is 356 g/mol. The summed E-state index contributed by atoms with van der Waals surface area (Å²) in [5.41, 5.74) is 0. The van der Waals surface area contributed by atoms with E-state index >= 15 is 0 Å². The molecule has 146 valence electrons. The highest BCUT2D eigenvalue weighted by molar-refractivity contribution is 7.89. The summed E-state index contributed by atoms with van der Waals surface area (Å²) in [6, 6.07) is 6.01. The molecule has 7 nitrogen and oxygen atoms in total. The third-order valence-electron chi connectivity index (χ3n) is 4.26. The molecule has 0 heterocycles. The molecule has 1 aliphatic rings. The minimum atomic E-state index is -3.53. The van der Waals surface area contributed by atoms with Crippen molar-refractivity contribution in [2.75, 3.05) is 20.3 Å². The van der Waals surface area contributed by atoms with E-state index in [4.69, 9.17) is 9.47 Å². The van der Waals surface area contributed by atoms with Gasteiger partial charge in [-0.1, -0.05) is 19.3 Å². The number of benzene rings is 1. The van der Waals surface area contributed by atoms with Gasteiger partial charge in [0.2, 0.25) is 10.0 Å². The lowest BCUT2D eigenvalue weighted by molar-refractivity contribution is -0.124. The fraction of sp³-hybridized carbons (Fsp3) is 0.611. The van der Waals surface area contributed by atoms with E-state index in [2.05, 4.69) is 10.0 Å². The van der Waals surface area contributed by atoms with E-state index in [9.17, 15) is 13.2 Å². The molecule has 1 fully saturated rings. The number of ether oxygens (including phenoxy) is 2. The summed E-state index contributed by atoms with van der Waals surface area (Å²) in [6.45, 7) is 2.12. The number of sulfonamides is 1. The van der Waals surface area contributed by atoms with Crippen LogP contribution < -0.4 is 14.8 Å². The number of methoxy groups -OCH3 is 1. The van der Waals surface area contributed by atoms with Crippen LogP contribution in [0.15, 0.2) is 29.2 Å². The van der Waals surface area contributed by atoms with E-state index in [-0.39, 0.29) is 29.5 Å². The first-order chi connectivity index (χ1) is 12.4. The number of nitrogens with one attached hydrogen (secondary N) is 2. The van der Waals surface area contributed by atoms with Gasteiger partial charge in [-0.25, -0.2) is 13.1 Å². The predicted octanol–water partition coefficient (Wildman–Crippen LogP) is 1.83. The molecule has 1 atom stereocenters. The number of amides is 1. The van der Waals surface area contributed by atoms with Gasteiger partial charge in [-0.3, -0.25) is 4.79 Å². The standard InChI is InChI=1S/C18H28N2O5S/c1-14(12-24-2)19-18(21)13-25-16-8-10-17(11-9-16)26(22,23)20-15-6-4-3-5-7-15/h8-11,14-15,20H,3-7,12-13H2,1-2H3,(H,19,21)/t14-/m0/s1. The van der Waals surface area contributed by atoms with Gasteiger partial charge in [0.25, 0.3) is 5.91 Å². The van der Waals surface area contributed by atoms with Gasteiger partial charge in [-0.15, -0.1) is 0 Å². The first kappa shape index (κ1) is 20.7. The van der Waals surface area contributed by atoms with E-state index in [1.54, 1.807) is 19.2 Å². The second kappa shape index (κ2) is 9.89. The van der Waals surface area contributed by atoms with Gasteiger partial charge in [0.1, 0.15) is 5.75 Å². The maximum absolute atomic E-state index is 12.4. The molecule has 0 saturated heterocycles. The lowest BCUT2D eigenvalue weighted by Crippen LogP contribution is -2.38. The zero-order valence-corrected chi connectivity index (χ0v) is 16.2. The molecule has 0 unspecified atom stereocenters. The van der Waals surface area contributed by atoms with Crippen molar-refractivity contribution >= 4 is 15.9 Å². The van der Waals surface area contributed by atoms with Crippen LogP contribution in [0.4, 0.5) is 0 Å². The summed E-state index contributed by atoms with van der Waals surface area (Å²) < 4.78 is 38.0. The predicted molar refractivity (Wildman–Crippen MR) is 98.6 cm³/mol. The van der Waals surface area contributed by atoms with Crippen LogP contribution in [0.3, 0.4) is 0 Å². The Morgan fingerprint density at radius 2 is 1.85 bits per heavy atom. The molecular formula is C18H28N2O5S. The fourth-order valence-electron chi connectivity index (χ4n) is 2.98. The Hall–Kier alpha value is -1.64. The zero-order chi connectivity index (χ0) is 19.0. The van der Waals surface area contributed by atoms with Crippen molar-refractivity contribution < 1.29 is 22.7 Å². The van der Waals surface area contributed by atoms with E-state index in [0.29, 0.717) is 12.4 Å².